The van der Waals surface area contributed by atoms with Crippen LogP contribution in [0.5, 0.6) is 0 Å². The Bertz CT molecular complexity index is 558. The molecular formula is C16H22N2O4. The number of nitrogens with zero attached hydrogens (tertiary/aromatic N) is 2. The second-order valence-corrected chi connectivity index (χ2v) is 6.62. The Balaban J connectivity index is 2.04. The average molecular weight is 306 g/mol. The van der Waals surface area contributed by atoms with Gasteiger partial charge in [-0.1, -0.05) is 0 Å². The minimum absolute atomic E-state index is 0.366. The van der Waals surface area contributed by atoms with Gasteiger partial charge in [0, 0.05) is 36.6 Å². The first-order valence-corrected chi connectivity index (χ1v) is 7.34. The van der Waals surface area contributed by atoms with E-state index in [-0.39, 0.29) is 6.09 Å². The summed E-state index contributed by atoms with van der Waals surface area (Å²) in [5, 5.41) is 10.8. The van der Waals surface area contributed by atoms with Gasteiger partial charge in [-0.25, -0.2) is 4.79 Å². The van der Waals surface area contributed by atoms with Crippen molar-refractivity contribution in [2.45, 2.75) is 44.8 Å². The Kier molecular flexibility index (Phi) is 4.51. The van der Waals surface area contributed by atoms with Crippen LogP contribution in [0.1, 0.15) is 49.5 Å². The van der Waals surface area contributed by atoms with E-state index in [0.29, 0.717) is 43.3 Å². The number of aromatic nitrogens is 1. The van der Waals surface area contributed by atoms with E-state index in [2.05, 4.69) is 4.98 Å². The van der Waals surface area contributed by atoms with Gasteiger partial charge in [-0.2, -0.15) is 0 Å². The molecule has 1 aromatic heterocycles. The quantitative estimate of drug-likeness (QED) is 0.847. The summed E-state index contributed by atoms with van der Waals surface area (Å²) in [5.41, 5.74) is -0.557. The van der Waals surface area contributed by atoms with E-state index in [0.717, 1.165) is 0 Å². The summed E-state index contributed by atoms with van der Waals surface area (Å²) < 4.78 is 5.33. The number of aliphatic hydroxyl groups is 1. The molecule has 6 nitrogen and oxygen atoms in total. The van der Waals surface area contributed by atoms with Gasteiger partial charge in [0.2, 0.25) is 0 Å². The number of hydrogen-bond donors (Lipinski definition) is 1. The minimum atomic E-state index is -1.06. The number of carbonyl (C=O) groups excluding carboxylic acids is 2. The molecular weight excluding hydrogens is 284 g/mol. The highest BCUT2D eigenvalue weighted by Crippen LogP contribution is 2.33. The van der Waals surface area contributed by atoms with Gasteiger partial charge in [-0.3, -0.25) is 9.78 Å². The Morgan fingerprint density at radius 1 is 1.36 bits per heavy atom. The third kappa shape index (κ3) is 3.82. The molecule has 22 heavy (non-hydrogen) atoms. The van der Waals surface area contributed by atoms with Crippen molar-refractivity contribution in [2.75, 3.05) is 13.1 Å². The molecule has 2 heterocycles. The van der Waals surface area contributed by atoms with Gasteiger partial charge in [0.1, 0.15) is 5.60 Å². The van der Waals surface area contributed by atoms with Crippen molar-refractivity contribution in [3.63, 3.8) is 0 Å². The van der Waals surface area contributed by atoms with Crippen molar-refractivity contribution in [3.8, 4) is 0 Å². The summed E-state index contributed by atoms with van der Waals surface area (Å²) in [7, 11) is 0. The number of amides is 1. The first kappa shape index (κ1) is 16.4. The maximum Gasteiger partial charge on any atom is 0.410 e. The first-order chi connectivity index (χ1) is 10.2. The number of carbonyl (C=O) groups is 2. The Morgan fingerprint density at radius 2 is 2.00 bits per heavy atom. The Morgan fingerprint density at radius 3 is 2.55 bits per heavy atom. The molecule has 0 saturated carbocycles. The number of rotatable bonds is 2. The van der Waals surface area contributed by atoms with E-state index in [1.807, 2.05) is 20.8 Å². The molecule has 0 bridgehead atoms. The Labute approximate surface area is 130 Å². The summed E-state index contributed by atoms with van der Waals surface area (Å²) in [6.07, 6.45) is 4.13. The smallest absolute Gasteiger partial charge is 0.410 e. The zero-order valence-corrected chi connectivity index (χ0v) is 13.2. The monoisotopic (exact) mass is 306 g/mol. The van der Waals surface area contributed by atoms with Gasteiger partial charge in [0.25, 0.3) is 0 Å². The number of piperidine rings is 1. The lowest BCUT2D eigenvalue weighted by Crippen LogP contribution is -2.46. The molecule has 0 aliphatic carbocycles. The normalized spacial score (nSPS) is 17.9. The van der Waals surface area contributed by atoms with Gasteiger partial charge in [0.15, 0.2) is 6.29 Å². The molecule has 0 aromatic carbocycles. The van der Waals surface area contributed by atoms with Crippen LogP contribution in [0.25, 0.3) is 0 Å². The molecule has 0 atom stereocenters. The number of likely N-dealkylation sites (tertiary alicyclic amines) is 1. The highest BCUT2D eigenvalue weighted by molar-refractivity contribution is 5.74. The molecule has 0 radical (unpaired) electrons. The molecule has 0 spiro atoms. The minimum Gasteiger partial charge on any atom is -0.444 e. The van der Waals surface area contributed by atoms with Crippen molar-refractivity contribution in [1.29, 1.82) is 0 Å². The fraction of sp³-hybridized carbons (Fsp3) is 0.562. The maximum atomic E-state index is 12.0. The van der Waals surface area contributed by atoms with E-state index in [4.69, 9.17) is 4.74 Å². The molecule has 120 valence electrons. The van der Waals surface area contributed by atoms with Crippen LogP contribution in [0.15, 0.2) is 18.5 Å². The van der Waals surface area contributed by atoms with Crippen molar-refractivity contribution < 1.29 is 19.4 Å². The van der Waals surface area contributed by atoms with Gasteiger partial charge >= 0.3 is 6.09 Å². The van der Waals surface area contributed by atoms with Gasteiger partial charge in [-0.05, 0) is 39.7 Å². The van der Waals surface area contributed by atoms with E-state index in [9.17, 15) is 14.7 Å². The van der Waals surface area contributed by atoms with Crippen molar-refractivity contribution in [1.82, 2.24) is 9.88 Å². The van der Waals surface area contributed by atoms with Crippen LogP contribution < -0.4 is 0 Å². The van der Waals surface area contributed by atoms with Crippen LogP contribution in [0.4, 0.5) is 4.79 Å². The second-order valence-electron chi connectivity index (χ2n) is 6.62. The third-order valence-corrected chi connectivity index (χ3v) is 3.68. The number of aldehydes is 1. The largest absolute Gasteiger partial charge is 0.444 e. The summed E-state index contributed by atoms with van der Waals surface area (Å²) in [4.78, 5) is 28.4. The first-order valence-electron chi connectivity index (χ1n) is 7.34. The predicted octanol–water partition coefficient (Wildman–Crippen LogP) is 2.11. The molecule has 0 unspecified atom stereocenters. The Hall–Kier alpha value is -1.95. The molecule has 1 fully saturated rings. The van der Waals surface area contributed by atoms with Gasteiger partial charge < -0.3 is 14.7 Å². The summed E-state index contributed by atoms with van der Waals surface area (Å²) in [6.45, 7) is 6.26. The summed E-state index contributed by atoms with van der Waals surface area (Å²) in [5.74, 6) is 0. The maximum absolute atomic E-state index is 12.0. The molecule has 2 rings (SSSR count). The van der Waals surface area contributed by atoms with Crippen LogP contribution in [0, 0.1) is 0 Å². The van der Waals surface area contributed by atoms with Crippen LogP contribution in [-0.2, 0) is 10.3 Å². The van der Waals surface area contributed by atoms with Crippen molar-refractivity contribution in [2.24, 2.45) is 0 Å². The molecule has 1 aliphatic rings. The van der Waals surface area contributed by atoms with Crippen molar-refractivity contribution >= 4 is 12.4 Å². The van der Waals surface area contributed by atoms with Crippen LogP contribution in [-0.4, -0.2) is 46.1 Å². The predicted molar refractivity (Wildman–Crippen MR) is 80.6 cm³/mol. The third-order valence-electron chi connectivity index (χ3n) is 3.68. The second kappa shape index (κ2) is 6.04. The van der Waals surface area contributed by atoms with Crippen molar-refractivity contribution in [3.05, 3.63) is 29.6 Å². The fourth-order valence-corrected chi connectivity index (χ4v) is 2.45. The summed E-state index contributed by atoms with van der Waals surface area (Å²) >= 11 is 0. The summed E-state index contributed by atoms with van der Waals surface area (Å²) in [6, 6.07) is 1.64. The van der Waals surface area contributed by atoms with Gasteiger partial charge in [-0.15, -0.1) is 0 Å². The van der Waals surface area contributed by atoms with E-state index >= 15 is 0 Å². The van der Waals surface area contributed by atoms with Crippen LogP contribution in [0.2, 0.25) is 0 Å². The number of ether oxygens (including phenoxy) is 1. The fourth-order valence-electron chi connectivity index (χ4n) is 2.45. The molecule has 6 heteroatoms. The zero-order chi connectivity index (χ0) is 16.4. The zero-order valence-electron chi connectivity index (χ0n) is 13.2. The van der Waals surface area contributed by atoms with Crippen LogP contribution in [0.3, 0.4) is 0 Å². The van der Waals surface area contributed by atoms with Crippen LogP contribution >= 0.6 is 0 Å². The van der Waals surface area contributed by atoms with E-state index in [1.165, 1.54) is 6.20 Å². The lowest BCUT2D eigenvalue weighted by molar-refractivity contribution is -0.0358. The molecule has 1 aromatic rings. The topological polar surface area (TPSA) is 79.7 Å². The standard InChI is InChI=1S/C16H22N2O4/c1-15(2,3)22-14(20)18-6-4-16(21,5-7-18)13-8-12(11-19)9-17-10-13/h8-11,21H,4-7H2,1-3H3. The molecule has 1 N–H and O–H groups in total. The molecule has 1 aliphatic heterocycles. The lowest BCUT2D eigenvalue weighted by Gasteiger charge is -2.38. The highest BCUT2D eigenvalue weighted by Gasteiger charge is 2.37. The lowest BCUT2D eigenvalue weighted by atomic mass is 9.85. The van der Waals surface area contributed by atoms with E-state index in [1.54, 1.807) is 17.2 Å². The SMILES string of the molecule is CC(C)(C)OC(=O)N1CCC(O)(c2cncc(C=O)c2)CC1. The highest BCUT2D eigenvalue weighted by atomic mass is 16.6. The van der Waals surface area contributed by atoms with Gasteiger partial charge in [0.05, 0.1) is 5.60 Å². The average Bonchev–Trinajstić information content (AvgIpc) is 2.46. The van der Waals surface area contributed by atoms with E-state index < -0.39 is 11.2 Å². The molecule has 1 amide bonds. The number of hydrogen-bond acceptors (Lipinski definition) is 5. The molecule has 1 saturated heterocycles. The number of pyridine rings is 1.